The van der Waals surface area contributed by atoms with Gasteiger partial charge in [0.1, 0.15) is 25.8 Å². The molecule has 0 aromatic heterocycles. The van der Waals surface area contributed by atoms with Crippen LogP contribution in [0.5, 0.6) is 11.5 Å². The van der Waals surface area contributed by atoms with Crippen LogP contribution in [0.15, 0.2) is 42.5 Å². The van der Waals surface area contributed by atoms with E-state index >= 15 is 0 Å². The minimum Gasteiger partial charge on any atom is -0.486 e. The van der Waals surface area contributed by atoms with Gasteiger partial charge in [0, 0.05) is 19.2 Å². The number of hydrogen-bond donors (Lipinski definition) is 1. The van der Waals surface area contributed by atoms with Gasteiger partial charge < -0.3 is 19.7 Å². The van der Waals surface area contributed by atoms with Crippen molar-refractivity contribution >= 4 is 27.5 Å². The first-order chi connectivity index (χ1) is 16.7. The molecule has 0 bridgehead atoms. The fraction of sp³-hybridized carbons (Fsp3) is 0.440. The van der Waals surface area contributed by atoms with Crippen molar-refractivity contribution in [1.82, 2.24) is 10.2 Å². The summed E-state index contributed by atoms with van der Waals surface area (Å²) < 4.78 is 37.6. The molecule has 2 amide bonds. The number of anilines is 1. The maximum atomic E-state index is 13.7. The van der Waals surface area contributed by atoms with Gasteiger partial charge in [-0.15, -0.1) is 0 Å². The average Bonchev–Trinajstić information content (AvgIpc) is 2.82. The quantitative estimate of drug-likeness (QED) is 0.534. The topological polar surface area (TPSA) is 105 Å². The molecule has 0 spiro atoms. The molecule has 10 heteroatoms. The third-order valence-corrected chi connectivity index (χ3v) is 6.97. The van der Waals surface area contributed by atoms with E-state index in [-0.39, 0.29) is 18.1 Å². The average molecular weight is 504 g/mol. The van der Waals surface area contributed by atoms with Crippen LogP contribution in [-0.2, 0) is 26.2 Å². The molecule has 190 valence electrons. The maximum absolute atomic E-state index is 13.7. The number of aryl methyl sites for hydroxylation is 1. The SMILES string of the molecule is CCNC(=O)[C@H](CC)N(Cc1ccccc1C)C(=O)CN(c1ccc2c(c1)OCCO2)S(C)(=O)=O. The Kier molecular flexibility index (Phi) is 8.61. The van der Waals surface area contributed by atoms with E-state index in [4.69, 9.17) is 9.47 Å². The lowest BCUT2D eigenvalue weighted by atomic mass is 10.1. The van der Waals surface area contributed by atoms with Gasteiger partial charge in [0.05, 0.1) is 11.9 Å². The molecule has 0 radical (unpaired) electrons. The number of ether oxygens (including phenoxy) is 2. The summed E-state index contributed by atoms with van der Waals surface area (Å²) in [6, 6.07) is 11.6. The highest BCUT2D eigenvalue weighted by Crippen LogP contribution is 2.34. The van der Waals surface area contributed by atoms with Gasteiger partial charge in [-0.3, -0.25) is 13.9 Å². The van der Waals surface area contributed by atoms with Gasteiger partial charge >= 0.3 is 0 Å². The number of hydrogen-bond acceptors (Lipinski definition) is 6. The van der Waals surface area contributed by atoms with Crippen LogP contribution in [-0.4, -0.2) is 63.7 Å². The molecule has 2 aromatic rings. The summed E-state index contributed by atoms with van der Waals surface area (Å²) in [4.78, 5) is 28.0. The molecule has 1 atom stereocenters. The summed E-state index contributed by atoms with van der Waals surface area (Å²) in [5, 5.41) is 2.79. The van der Waals surface area contributed by atoms with Crippen molar-refractivity contribution in [3.8, 4) is 11.5 Å². The second kappa shape index (κ2) is 11.4. The molecule has 0 fully saturated rings. The molecule has 1 aliphatic heterocycles. The largest absolute Gasteiger partial charge is 0.486 e. The number of benzene rings is 2. The normalized spacial score (nSPS) is 13.6. The zero-order chi connectivity index (χ0) is 25.6. The Labute approximate surface area is 207 Å². The van der Waals surface area contributed by atoms with Gasteiger partial charge in [-0.2, -0.15) is 0 Å². The van der Waals surface area contributed by atoms with Crippen molar-refractivity contribution in [2.24, 2.45) is 0 Å². The van der Waals surface area contributed by atoms with Gasteiger partial charge in [0.15, 0.2) is 11.5 Å². The van der Waals surface area contributed by atoms with Crippen LogP contribution < -0.4 is 19.1 Å². The number of nitrogens with one attached hydrogen (secondary N) is 1. The van der Waals surface area contributed by atoms with Gasteiger partial charge in [0.25, 0.3) is 0 Å². The summed E-state index contributed by atoms with van der Waals surface area (Å²) in [5.41, 5.74) is 2.14. The smallest absolute Gasteiger partial charge is 0.244 e. The standard InChI is InChI=1S/C25H33N3O6S/c1-5-21(25(30)26-6-2)27(16-19-10-8-7-9-18(19)3)24(29)17-28(35(4,31)32)20-11-12-22-23(15-20)34-14-13-33-22/h7-12,15,21H,5-6,13-14,16-17H2,1-4H3,(H,26,30)/t21-/m0/s1. The molecule has 0 unspecified atom stereocenters. The number of amides is 2. The van der Waals surface area contributed by atoms with Gasteiger partial charge in [0.2, 0.25) is 21.8 Å². The molecule has 1 heterocycles. The first kappa shape index (κ1) is 26.3. The Morgan fingerprint density at radius 2 is 1.74 bits per heavy atom. The summed E-state index contributed by atoms with van der Waals surface area (Å²) in [6.07, 6.45) is 1.43. The Hall–Kier alpha value is -3.27. The number of nitrogens with zero attached hydrogens (tertiary/aromatic N) is 2. The first-order valence-electron chi connectivity index (χ1n) is 11.6. The highest BCUT2D eigenvalue weighted by atomic mass is 32.2. The number of carbonyl (C=O) groups is 2. The molecule has 0 aliphatic carbocycles. The fourth-order valence-corrected chi connectivity index (χ4v) is 4.82. The van der Waals surface area contributed by atoms with Crippen LogP contribution in [0.2, 0.25) is 0 Å². The van der Waals surface area contributed by atoms with E-state index in [2.05, 4.69) is 5.32 Å². The molecule has 3 rings (SSSR count). The molecule has 2 aromatic carbocycles. The van der Waals surface area contributed by atoms with Gasteiger partial charge in [-0.25, -0.2) is 8.42 Å². The van der Waals surface area contributed by atoms with Gasteiger partial charge in [-0.05, 0) is 43.5 Å². The van der Waals surface area contributed by atoms with E-state index in [0.717, 1.165) is 21.7 Å². The summed E-state index contributed by atoms with van der Waals surface area (Å²) in [6.45, 7) is 6.48. The van der Waals surface area contributed by atoms with E-state index in [0.29, 0.717) is 37.7 Å². The predicted octanol–water partition coefficient (Wildman–Crippen LogP) is 2.48. The van der Waals surface area contributed by atoms with Crippen LogP contribution in [0.1, 0.15) is 31.4 Å². The minimum absolute atomic E-state index is 0.180. The molecular formula is C25H33N3O6S. The molecule has 9 nitrogen and oxygen atoms in total. The van der Waals surface area contributed by atoms with Crippen molar-refractivity contribution < 1.29 is 27.5 Å². The summed E-state index contributed by atoms with van der Waals surface area (Å²) >= 11 is 0. The number of likely N-dealkylation sites (N-methyl/N-ethyl adjacent to an activating group) is 1. The Morgan fingerprint density at radius 1 is 1.06 bits per heavy atom. The number of fused-ring (bicyclic) bond motifs is 1. The van der Waals surface area contributed by atoms with E-state index < -0.39 is 28.5 Å². The summed E-state index contributed by atoms with van der Waals surface area (Å²) in [7, 11) is -3.83. The number of rotatable bonds is 10. The minimum atomic E-state index is -3.83. The highest BCUT2D eigenvalue weighted by molar-refractivity contribution is 7.92. The van der Waals surface area contributed by atoms with Crippen LogP contribution in [0.25, 0.3) is 0 Å². The molecule has 1 aliphatic rings. The molecule has 1 N–H and O–H groups in total. The Morgan fingerprint density at radius 3 is 2.37 bits per heavy atom. The van der Waals surface area contributed by atoms with E-state index in [9.17, 15) is 18.0 Å². The molecule has 0 saturated heterocycles. The Balaban J connectivity index is 1.96. The lowest BCUT2D eigenvalue weighted by molar-refractivity contribution is -0.140. The van der Waals surface area contributed by atoms with Crippen LogP contribution >= 0.6 is 0 Å². The Bertz CT molecular complexity index is 1170. The van der Waals surface area contributed by atoms with E-state index in [1.807, 2.05) is 45.0 Å². The van der Waals surface area contributed by atoms with Crippen LogP contribution in [0, 0.1) is 6.92 Å². The third-order valence-electron chi connectivity index (χ3n) is 5.83. The van der Waals surface area contributed by atoms with Crippen molar-refractivity contribution in [2.45, 2.75) is 39.8 Å². The van der Waals surface area contributed by atoms with Crippen LogP contribution in [0.4, 0.5) is 5.69 Å². The highest BCUT2D eigenvalue weighted by Gasteiger charge is 2.32. The second-order valence-electron chi connectivity index (χ2n) is 8.36. The zero-order valence-electron chi connectivity index (χ0n) is 20.6. The number of sulfonamides is 1. The first-order valence-corrected chi connectivity index (χ1v) is 13.5. The molecular weight excluding hydrogens is 470 g/mol. The van der Waals surface area contributed by atoms with Gasteiger partial charge in [-0.1, -0.05) is 31.2 Å². The monoisotopic (exact) mass is 503 g/mol. The number of carbonyl (C=O) groups excluding carboxylic acids is 2. The van der Waals surface area contributed by atoms with E-state index in [1.54, 1.807) is 18.2 Å². The molecule has 0 saturated carbocycles. The molecule has 35 heavy (non-hydrogen) atoms. The summed E-state index contributed by atoms with van der Waals surface area (Å²) in [5.74, 6) is 0.178. The maximum Gasteiger partial charge on any atom is 0.244 e. The predicted molar refractivity (Wildman–Crippen MR) is 134 cm³/mol. The third kappa shape index (κ3) is 6.45. The fourth-order valence-electron chi connectivity index (χ4n) is 3.98. The van der Waals surface area contributed by atoms with E-state index in [1.165, 1.54) is 4.90 Å². The van der Waals surface area contributed by atoms with Crippen molar-refractivity contribution in [2.75, 3.05) is 36.9 Å². The lowest BCUT2D eigenvalue weighted by Gasteiger charge is -2.33. The van der Waals surface area contributed by atoms with Crippen molar-refractivity contribution in [1.29, 1.82) is 0 Å². The zero-order valence-corrected chi connectivity index (χ0v) is 21.4. The second-order valence-corrected chi connectivity index (χ2v) is 10.3. The van der Waals surface area contributed by atoms with Crippen LogP contribution in [0.3, 0.4) is 0 Å². The lowest BCUT2D eigenvalue weighted by Crippen LogP contribution is -2.52. The van der Waals surface area contributed by atoms with Crippen molar-refractivity contribution in [3.63, 3.8) is 0 Å². The van der Waals surface area contributed by atoms with Crippen molar-refractivity contribution in [3.05, 3.63) is 53.6 Å².